The van der Waals surface area contributed by atoms with Crippen LogP contribution < -0.4 is 10.6 Å². The zero-order chi connectivity index (χ0) is 48.1. The number of rotatable bonds is 12. The number of halogens is 18. The monoisotopic (exact) mass is 980 g/mol. The molecule has 4 amide bonds. The highest BCUT2D eigenvalue weighted by atomic mass is 32.2. The summed E-state index contributed by atoms with van der Waals surface area (Å²) in [5.74, 6) is -35.9. The van der Waals surface area contributed by atoms with Gasteiger partial charge in [-0.25, -0.2) is 16.8 Å². The summed E-state index contributed by atoms with van der Waals surface area (Å²) in [7, 11) is -13.9. The summed E-state index contributed by atoms with van der Waals surface area (Å²) < 4.78 is 286. The Morgan fingerprint density at radius 1 is 0.468 bits per heavy atom. The van der Waals surface area contributed by atoms with E-state index in [1.54, 1.807) is 0 Å². The summed E-state index contributed by atoms with van der Waals surface area (Å²) in [6.07, 6.45) is -14.6. The van der Waals surface area contributed by atoms with Crippen LogP contribution in [0.25, 0.3) is 0 Å². The van der Waals surface area contributed by atoms with Gasteiger partial charge in [0.2, 0.25) is 0 Å². The molecule has 0 radical (unpaired) electrons. The highest BCUT2D eigenvalue weighted by Crippen LogP contribution is 2.56. The molecular weight excluding hydrogens is 954 g/mol. The fourth-order valence-electron chi connectivity index (χ4n) is 5.29. The maximum absolute atomic E-state index is 14.2. The van der Waals surface area contributed by atoms with Gasteiger partial charge in [-0.05, 0) is 11.1 Å². The molecule has 2 aliphatic heterocycles. The number of amides is 4. The van der Waals surface area contributed by atoms with Crippen molar-refractivity contribution >= 4 is 43.7 Å². The molecule has 2 N–H and O–H groups in total. The number of piperazine rings is 2. The topological polar surface area (TPSA) is 174 Å². The fraction of sp³-hybridized carbons (Fsp3) is 0.643. The predicted molar refractivity (Wildman–Crippen MR) is 166 cm³/mol. The quantitative estimate of drug-likeness (QED) is 0.238. The Kier molecular flexibility index (Phi) is 14.2. The summed E-state index contributed by atoms with van der Waals surface area (Å²) in [6.45, 7) is -10.6. The van der Waals surface area contributed by atoms with Crippen LogP contribution >= 0.6 is 0 Å². The minimum atomic E-state index is -7.51. The first kappa shape index (κ1) is 52.0. The summed E-state index contributed by atoms with van der Waals surface area (Å²) >= 11 is 0. The summed E-state index contributed by atoms with van der Waals surface area (Å²) in [6, 6.07) is 5.14. The lowest BCUT2D eigenvalue weighted by molar-refractivity contribution is -0.382. The second-order valence-electron chi connectivity index (χ2n) is 12.9. The molecule has 0 saturated carbocycles. The molecule has 3 rings (SSSR count). The molecule has 354 valence electrons. The van der Waals surface area contributed by atoms with Crippen LogP contribution in [0.3, 0.4) is 0 Å². The van der Waals surface area contributed by atoms with Crippen molar-refractivity contribution in [2.24, 2.45) is 0 Å². The first-order chi connectivity index (χ1) is 27.8. The molecule has 2 heterocycles. The molecule has 0 spiro atoms. The van der Waals surface area contributed by atoms with Crippen molar-refractivity contribution in [3.8, 4) is 0 Å². The summed E-state index contributed by atoms with van der Waals surface area (Å²) in [5, 5.41) is -9.89. The Morgan fingerprint density at radius 3 is 1.00 bits per heavy atom. The molecule has 0 aromatic heterocycles. The van der Waals surface area contributed by atoms with Gasteiger partial charge in [-0.2, -0.15) is 87.6 Å². The molecule has 2 fully saturated rings. The highest BCUT2D eigenvalue weighted by Gasteiger charge is 2.87. The van der Waals surface area contributed by atoms with Crippen molar-refractivity contribution in [3.63, 3.8) is 0 Å². The second kappa shape index (κ2) is 17.0. The first-order valence-electron chi connectivity index (χ1n) is 16.4. The molecule has 0 aliphatic carbocycles. The van der Waals surface area contributed by atoms with E-state index in [1.165, 1.54) is 24.3 Å². The van der Waals surface area contributed by atoms with Crippen LogP contribution in [0, 0.1) is 0 Å². The van der Waals surface area contributed by atoms with E-state index >= 15 is 0 Å². The summed E-state index contributed by atoms with van der Waals surface area (Å²) in [4.78, 5) is 50.9. The van der Waals surface area contributed by atoms with Crippen molar-refractivity contribution in [2.75, 3.05) is 52.4 Å². The maximum Gasteiger partial charge on any atom is 0.460 e. The Labute approximate surface area is 335 Å². The molecular formula is C28H26F18N6O8S2. The van der Waals surface area contributed by atoms with Gasteiger partial charge in [0.05, 0.1) is 0 Å². The third-order valence-corrected chi connectivity index (χ3v) is 12.8. The number of nitrogens with one attached hydrogen (secondary N) is 2. The predicted octanol–water partition coefficient (Wildman–Crippen LogP) is 2.72. The van der Waals surface area contributed by atoms with Gasteiger partial charge in [-0.3, -0.25) is 19.2 Å². The molecule has 62 heavy (non-hydrogen) atoms. The third kappa shape index (κ3) is 9.04. The lowest BCUT2D eigenvalue weighted by atomic mass is 10.1. The largest absolute Gasteiger partial charge is 0.460 e. The van der Waals surface area contributed by atoms with Gasteiger partial charge in [0.25, 0.3) is 20.0 Å². The number of alkyl halides is 18. The number of hydrogen-bond acceptors (Lipinski definition) is 8. The molecule has 1 aromatic carbocycles. The molecule has 2 aliphatic rings. The van der Waals surface area contributed by atoms with Gasteiger partial charge in [-0.1, -0.05) is 24.3 Å². The highest BCUT2D eigenvalue weighted by molar-refractivity contribution is 7.90. The summed E-state index contributed by atoms with van der Waals surface area (Å²) in [5.41, 5.74) is 0.290. The van der Waals surface area contributed by atoms with Crippen LogP contribution in [-0.4, -0.2) is 158 Å². The number of benzene rings is 1. The Bertz CT molecular complexity index is 1960. The smallest absolute Gasteiger partial charge is 0.344 e. The third-order valence-electron chi connectivity index (χ3n) is 8.90. The van der Waals surface area contributed by atoms with Gasteiger partial charge in [0.1, 0.15) is 0 Å². The van der Waals surface area contributed by atoms with Crippen molar-refractivity contribution in [2.45, 2.75) is 59.6 Å². The van der Waals surface area contributed by atoms with Crippen LogP contribution in [-0.2, 0) is 52.3 Å². The molecule has 34 heteroatoms. The van der Waals surface area contributed by atoms with E-state index in [-0.39, 0.29) is 11.1 Å². The zero-order valence-electron chi connectivity index (χ0n) is 30.1. The number of carbonyl (C=O) groups is 4. The van der Waals surface area contributed by atoms with Crippen molar-refractivity contribution in [1.29, 1.82) is 0 Å². The molecule has 1 aromatic rings. The van der Waals surface area contributed by atoms with Crippen molar-refractivity contribution < 1.29 is 115 Å². The average Bonchev–Trinajstić information content (AvgIpc) is 3.17. The minimum Gasteiger partial charge on any atom is -0.344 e. The van der Waals surface area contributed by atoms with E-state index in [0.29, 0.717) is 9.80 Å². The minimum absolute atomic E-state index is 0.145. The maximum atomic E-state index is 14.2. The van der Waals surface area contributed by atoms with Gasteiger partial charge >= 0.3 is 70.2 Å². The average molecular weight is 981 g/mol. The van der Waals surface area contributed by atoms with E-state index in [9.17, 15) is 115 Å². The Morgan fingerprint density at radius 2 is 0.742 bits per heavy atom. The molecule has 0 atom stereocenters. The van der Waals surface area contributed by atoms with Crippen LogP contribution in [0.2, 0.25) is 0 Å². The molecule has 2 saturated heterocycles. The van der Waals surface area contributed by atoms with Crippen LogP contribution in [0.5, 0.6) is 0 Å². The van der Waals surface area contributed by atoms with E-state index in [0.717, 1.165) is 0 Å². The zero-order valence-corrected chi connectivity index (χ0v) is 31.7. The van der Waals surface area contributed by atoms with E-state index < -0.39 is 164 Å². The Hall–Kier alpha value is -4.34. The lowest BCUT2D eigenvalue weighted by Gasteiger charge is -2.38. The SMILES string of the molecule is O=C(NCc1cccc(CNC(=O)C(=O)N2CCN(S(=O)(=O)C(F)(F)C(F)(F)C(F)(F)C(F)(F)F)CC2)c1)C(=O)N1CCN(S(=O)(=O)C(F)(F)C(F)(F)C(F)(F)C(F)(F)F)CC1. The van der Waals surface area contributed by atoms with Crippen LogP contribution in [0.4, 0.5) is 79.0 Å². The number of carbonyl (C=O) groups excluding carboxylic acids is 4. The molecule has 0 unspecified atom stereocenters. The van der Waals surface area contributed by atoms with Gasteiger partial charge in [0.15, 0.2) is 0 Å². The normalized spacial score (nSPS) is 17.8. The Balaban J connectivity index is 1.53. The fourth-order valence-corrected chi connectivity index (χ4v) is 8.13. The molecule has 0 bridgehead atoms. The van der Waals surface area contributed by atoms with Gasteiger partial charge < -0.3 is 20.4 Å². The number of hydrogen-bond donors (Lipinski definition) is 2. The van der Waals surface area contributed by atoms with E-state index in [4.69, 9.17) is 0 Å². The van der Waals surface area contributed by atoms with Crippen LogP contribution in [0.15, 0.2) is 24.3 Å². The van der Waals surface area contributed by atoms with Gasteiger partial charge in [0, 0.05) is 65.4 Å². The van der Waals surface area contributed by atoms with Crippen LogP contribution in [0.1, 0.15) is 11.1 Å². The standard InChI is InChI=1S/C28H26F18N6O8S2/c29-21(30,25(37,38)39)23(33,34)27(43,44)61(57,58)51-8-4-49(5-9-51)19(55)17(53)47-13-15-2-1-3-16(12-15)14-48-18(54)20(56)50-6-10-52(11-7-50)62(59,60)28(45,46)24(35,36)22(31,32)26(40,41)42/h1-3,12H,4-11,13-14H2,(H,47,53)(H,48,54). The van der Waals surface area contributed by atoms with E-state index in [2.05, 4.69) is 10.6 Å². The lowest BCUT2D eigenvalue weighted by Crippen LogP contribution is -2.66. The second-order valence-corrected chi connectivity index (χ2v) is 16.9. The van der Waals surface area contributed by atoms with Crippen molar-refractivity contribution in [3.05, 3.63) is 35.4 Å². The molecule has 14 nitrogen and oxygen atoms in total. The van der Waals surface area contributed by atoms with E-state index in [1.807, 2.05) is 0 Å². The van der Waals surface area contributed by atoms with Gasteiger partial charge in [-0.15, -0.1) is 0 Å². The first-order valence-corrected chi connectivity index (χ1v) is 19.3. The number of nitrogens with zero attached hydrogens (tertiary/aromatic N) is 4. The van der Waals surface area contributed by atoms with Crippen molar-refractivity contribution in [1.82, 2.24) is 29.0 Å². The number of sulfonamides is 2.